The maximum Gasteiger partial charge on any atom is 0.220 e. The van der Waals surface area contributed by atoms with Gasteiger partial charge in [0.2, 0.25) is 5.91 Å². The minimum atomic E-state index is 0.0322. The third kappa shape index (κ3) is 7.31. The van der Waals surface area contributed by atoms with Crippen LogP contribution < -0.4 is 5.32 Å². The number of carbonyl (C=O) groups excluding carboxylic acids is 1. The van der Waals surface area contributed by atoms with Crippen LogP contribution in [0.3, 0.4) is 0 Å². The van der Waals surface area contributed by atoms with Gasteiger partial charge in [-0.05, 0) is 48.7 Å². The zero-order valence-corrected chi connectivity index (χ0v) is 21.4. The molecule has 1 N–H and O–H groups in total. The Hall–Kier alpha value is -2.87. The average Bonchev–Trinajstić information content (AvgIpc) is 3.27. The lowest BCUT2D eigenvalue weighted by Crippen LogP contribution is -2.22. The van der Waals surface area contributed by atoms with Gasteiger partial charge in [0.25, 0.3) is 0 Å². The molecule has 9 heteroatoms. The van der Waals surface area contributed by atoms with E-state index in [9.17, 15) is 4.79 Å². The summed E-state index contributed by atoms with van der Waals surface area (Å²) in [5, 5.41) is 13.6. The van der Waals surface area contributed by atoms with Gasteiger partial charge in [-0.25, -0.2) is 0 Å². The van der Waals surface area contributed by atoms with Crippen LogP contribution in [0.1, 0.15) is 36.3 Å². The number of nitrogens with zero attached hydrogens (tertiary/aromatic N) is 4. The molecule has 0 radical (unpaired) electrons. The topological polar surface area (TPSA) is 72.7 Å². The summed E-state index contributed by atoms with van der Waals surface area (Å²) in [5.74, 6) is 1.67. The molecule has 0 saturated carbocycles. The van der Waals surface area contributed by atoms with E-state index in [0.717, 1.165) is 46.5 Å². The van der Waals surface area contributed by atoms with Gasteiger partial charge in [-0.1, -0.05) is 71.4 Å². The van der Waals surface area contributed by atoms with Crippen LogP contribution in [0.25, 0.3) is 5.69 Å². The fourth-order valence-corrected chi connectivity index (χ4v) is 4.76. The molecule has 0 bridgehead atoms. The first-order chi connectivity index (χ1) is 17.1. The van der Waals surface area contributed by atoms with Gasteiger partial charge in [0.1, 0.15) is 5.82 Å². The van der Waals surface area contributed by atoms with Gasteiger partial charge in [-0.3, -0.25) is 14.3 Å². The predicted molar refractivity (Wildman–Crippen MR) is 141 cm³/mol. The van der Waals surface area contributed by atoms with Crippen molar-refractivity contribution in [2.24, 2.45) is 0 Å². The Balaban J connectivity index is 1.35. The SMILES string of the molecule is O=C(CCCCSc1nnc(Cc2ccccc2)n1-c1ccc(Cl)c(Cl)c1)NCc1ccccn1. The Morgan fingerprint density at radius 3 is 2.54 bits per heavy atom. The average molecular weight is 526 g/mol. The van der Waals surface area contributed by atoms with Crippen molar-refractivity contribution >= 4 is 40.9 Å². The van der Waals surface area contributed by atoms with E-state index >= 15 is 0 Å². The van der Waals surface area contributed by atoms with Gasteiger partial charge in [0, 0.05) is 24.8 Å². The van der Waals surface area contributed by atoms with Crippen molar-refractivity contribution in [2.75, 3.05) is 5.75 Å². The molecule has 6 nitrogen and oxygen atoms in total. The molecule has 0 unspecified atom stereocenters. The molecular formula is C26H25Cl2N5OS. The molecule has 4 rings (SSSR count). The lowest BCUT2D eigenvalue weighted by Gasteiger charge is -2.11. The van der Waals surface area contributed by atoms with Crippen molar-refractivity contribution in [1.82, 2.24) is 25.1 Å². The molecule has 0 aliphatic carbocycles. The Kier molecular flexibility index (Phi) is 9.17. The van der Waals surface area contributed by atoms with E-state index in [-0.39, 0.29) is 5.91 Å². The van der Waals surface area contributed by atoms with Gasteiger partial charge in [-0.15, -0.1) is 10.2 Å². The van der Waals surface area contributed by atoms with E-state index in [0.29, 0.717) is 29.4 Å². The number of pyridine rings is 1. The fourth-order valence-electron chi connectivity index (χ4n) is 3.50. The van der Waals surface area contributed by atoms with Crippen molar-refractivity contribution in [3.05, 3.63) is 100 Å². The van der Waals surface area contributed by atoms with Gasteiger partial charge >= 0.3 is 0 Å². The Labute approximate surface area is 219 Å². The summed E-state index contributed by atoms with van der Waals surface area (Å²) in [6.45, 7) is 0.450. The van der Waals surface area contributed by atoms with E-state index in [1.165, 1.54) is 0 Å². The van der Waals surface area contributed by atoms with Crippen LogP contribution in [0.2, 0.25) is 10.0 Å². The number of unbranched alkanes of at least 4 members (excludes halogenated alkanes) is 1. The number of nitrogens with one attached hydrogen (secondary N) is 1. The second-order valence-electron chi connectivity index (χ2n) is 7.90. The molecule has 0 saturated heterocycles. The van der Waals surface area contributed by atoms with Gasteiger partial charge < -0.3 is 5.32 Å². The quantitative estimate of drug-likeness (QED) is 0.188. The van der Waals surface area contributed by atoms with Crippen LogP contribution in [0.5, 0.6) is 0 Å². The van der Waals surface area contributed by atoms with Crippen LogP contribution in [0.15, 0.2) is 78.1 Å². The van der Waals surface area contributed by atoms with Crippen LogP contribution in [-0.4, -0.2) is 31.4 Å². The van der Waals surface area contributed by atoms with Crippen molar-refractivity contribution < 1.29 is 4.79 Å². The number of amides is 1. The van der Waals surface area contributed by atoms with Crippen LogP contribution in [0.4, 0.5) is 0 Å². The fraction of sp³-hybridized carbons (Fsp3) is 0.231. The molecule has 0 aliphatic heterocycles. The molecule has 0 spiro atoms. The summed E-state index contributed by atoms with van der Waals surface area (Å²) in [6.07, 6.45) is 4.51. The molecule has 1 amide bonds. The summed E-state index contributed by atoms with van der Waals surface area (Å²) in [7, 11) is 0. The van der Waals surface area contributed by atoms with E-state index in [4.69, 9.17) is 23.2 Å². The molecule has 180 valence electrons. The predicted octanol–water partition coefficient (Wildman–Crippen LogP) is 6.14. The summed E-state index contributed by atoms with van der Waals surface area (Å²) < 4.78 is 2.03. The second-order valence-corrected chi connectivity index (χ2v) is 9.77. The number of hydrogen-bond acceptors (Lipinski definition) is 5. The molecule has 2 aromatic carbocycles. The van der Waals surface area contributed by atoms with Crippen molar-refractivity contribution in [3.8, 4) is 5.69 Å². The Morgan fingerprint density at radius 2 is 1.77 bits per heavy atom. The Morgan fingerprint density at radius 1 is 0.943 bits per heavy atom. The standard InChI is InChI=1S/C26H25Cl2N5OS/c27-22-13-12-21(17-23(22)28)33-24(16-19-8-2-1-3-9-19)31-32-26(33)35-15-7-5-11-25(34)30-18-20-10-4-6-14-29-20/h1-4,6,8-10,12-14,17H,5,7,11,15-16,18H2,(H,30,34). The van der Waals surface area contributed by atoms with E-state index in [2.05, 4.69) is 32.6 Å². The van der Waals surface area contributed by atoms with Gasteiger partial charge in [0.05, 0.1) is 28.0 Å². The molecule has 0 aliphatic rings. The summed E-state index contributed by atoms with van der Waals surface area (Å²) >= 11 is 14.1. The summed E-state index contributed by atoms with van der Waals surface area (Å²) in [6, 6.07) is 21.3. The van der Waals surface area contributed by atoms with Crippen LogP contribution >= 0.6 is 35.0 Å². The maximum atomic E-state index is 12.1. The number of halogens is 2. The second kappa shape index (κ2) is 12.7. The first-order valence-corrected chi connectivity index (χ1v) is 13.1. The molecule has 2 aromatic heterocycles. The third-order valence-electron chi connectivity index (χ3n) is 5.29. The van der Waals surface area contributed by atoms with Crippen LogP contribution in [-0.2, 0) is 17.8 Å². The number of carbonyl (C=O) groups is 1. The maximum absolute atomic E-state index is 12.1. The summed E-state index contributed by atoms with van der Waals surface area (Å²) in [5.41, 5.74) is 2.87. The number of aromatic nitrogens is 4. The van der Waals surface area contributed by atoms with Gasteiger partial charge in [-0.2, -0.15) is 0 Å². The lowest BCUT2D eigenvalue weighted by molar-refractivity contribution is -0.121. The number of benzene rings is 2. The van der Waals surface area contributed by atoms with E-state index < -0.39 is 0 Å². The van der Waals surface area contributed by atoms with Crippen molar-refractivity contribution in [2.45, 2.75) is 37.4 Å². The zero-order valence-electron chi connectivity index (χ0n) is 19.0. The minimum Gasteiger partial charge on any atom is -0.350 e. The van der Waals surface area contributed by atoms with Crippen molar-refractivity contribution in [3.63, 3.8) is 0 Å². The molecule has 2 heterocycles. The molecule has 35 heavy (non-hydrogen) atoms. The highest BCUT2D eigenvalue weighted by molar-refractivity contribution is 7.99. The lowest BCUT2D eigenvalue weighted by atomic mass is 10.1. The minimum absolute atomic E-state index is 0.0322. The molecule has 0 atom stereocenters. The molecular weight excluding hydrogens is 501 g/mol. The number of hydrogen-bond donors (Lipinski definition) is 1. The molecule has 0 fully saturated rings. The highest BCUT2D eigenvalue weighted by Gasteiger charge is 2.16. The van der Waals surface area contributed by atoms with Gasteiger partial charge in [0.15, 0.2) is 5.16 Å². The van der Waals surface area contributed by atoms with Crippen molar-refractivity contribution in [1.29, 1.82) is 0 Å². The monoisotopic (exact) mass is 525 g/mol. The zero-order chi connectivity index (χ0) is 24.5. The summed E-state index contributed by atoms with van der Waals surface area (Å²) in [4.78, 5) is 16.3. The molecule has 4 aromatic rings. The first-order valence-electron chi connectivity index (χ1n) is 11.3. The smallest absolute Gasteiger partial charge is 0.220 e. The first kappa shape index (κ1) is 25.2. The van der Waals surface area contributed by atoms with E-state index in [1.54, 1.807) is 24.0 Å². The highest BCUT2D eigenvalue weighted by atomic mass is 35.5. The van der Waals surface area contributed by atoms with E-state index in [1.807, 2.05) is 53.1 Å². The van der Waals surface area contributed by atoms with Crippen LogP contribution in [0, 0.1) is 0 Å². The third-order valence-corrected chi connectivity index (χ3v) is 7.04. The Bertz CT molecular complexity index is 1250. The number of rotatable bonds is 11. The largest absolute Gasteiger partial charge is 0.350 e. The normalized spacial score (nSPS) is 10.9. The highest BCUT2D eigenvalue weighted by Crippen LogP contribution is 2.29. The number of thioether (sulfide) groups is 1.